The lowest BCUT2D eigenvalue weighted by Gasteiger charge is -2.30. The number of carbonyl (C=O) groups is 1. The first-order valence-corrected chi connectivity index (χ1v) is 7.11. The Hall–Kier alpha value is -2.08. The summed E-state index contributed by atoms with van der Waals surface area (Å²) < 4.78 is 11.4. The van der Waals surface area contributed by atoms with Gasteiger partial charge in [-0.1, -0.05) is 12.1 Å². The third-order valence-electron chi connectivity index (χ3n) is 2.95. The molecule has 1 N–H and O–H groups in total. The maximum absolute atomic E-state index is 12.2. The van der Waals surface area contributed by atoms with Crippen molar-refractivity contribution >= 4 is 22.4 Å². The Labute approximate surface area is 120 Å². The lowest BCUT2D eigenvalue weighted by molar-refractivity contribution is -0.128. The van der Waals surface area contributed by atoms with Crippen LogP contribution in [0.1, 0.15) is 11.8 Å². The van der Waals surface area contributed by atoms with E-state index in [0.29, 0.717) is 16.6 Å². The summed E-state index contributed by atoms with van der Waals surface area (Å²) in [6, 6.07) is 7.32. The molecule has 20 heavy (non-hydrogen) atoms. The van der Waals surface area contributed by atoms with Crippen molar-refractivity contribution in [1.82, 2.24) is 4.98 Å². The van der Waals surface area contributed by atoms with Crippen LogP contribution in [-0.2, 0) is 4.79 Å². The Morgan fingerprint density at radius 2 is 2.00 bits per heavy atom. The van der Waals surface area contributed by atoms with Gasteiger partial charge in [0.2, 0.25) is 6.10 Å². The second-order valence-electron chi connectivity index (χ2n) is 4.57. The number of thiazole rings is 1. The molecule has 0 bridgehead atoms. The van der Waals surface area contributed by atoms with Crippen LogP contribution in [0.5, 0.6) is 11.5 Å². The monoisotopic (exact) mass is 290 g/mol. The van der Waals surface area contributed by atoms with Crippen LogP contribution in [0.3, 0.4) is 0 Å². The summed E-state index contributed by atoms with van der Waals surface area (Å²) >= 11 is 1.43. The molecular formula is C14H14N2O3S. The SMILES string of the molecule is Cc1cnc(NC(=O)[C@@H]2Oc3ccccc3O[C@H]2C)s1. The van der Waals surface area contributed by atoms with Crippen molar-refractivity contribution in [2.75, 3.05) is 5.32 Å². The van der Waals surface area contributed by atoms with E-state index in [-0.39, 0.29) is 12.0 Å². The fourth-order valence-electron chi connectivity index (χ4n) is 2.00. The molecule has 0 saturated heterocycles. The molecule has 2 heterocycles. The lowest BCUT2D eigenvalue weighted by Crippen LogP contribution is -2.46. The van der Waals surface area contributed by atoms with Gasteiger partial charge in [-0.25, -0.2) is 4.98 Å². The molecule has 6 heteroatoms. The van der Waals surface area contributed by atoms with Crippen molar-refractivity contribution in [3.05, 3.63) is 35.3 Å². The van der Waals surface area contributed by atoms with Gasteiger partial charge in [0.05, 0.1) is 0 Å². The number of aryl methyl sites for hydroxylation is 1. The molecule has 0 unspecified atom stereocenters. The van der Waals surface area contributed by atoms with E-state index in [2.05, 4.69) is 10.3 Å². The predicted molar refractivity (Wildman–Crippen MR) is 76.4 cm³/mol. The van der Waals surface area contributed by atoms with Gasteiger partial charge in [0.1, 0.15) is 6.10 Å². The summed E-state index contributed by atoms with van der Waals surface area (Å²) in [6.07, 6.45) is 0.678. The zero-order valence-corrected chi connectivity index (χ0v) is 11.9. The number of para-hydroxylation sites is 2. The quantitative estimate of drug-likeness (QED) is 0.923. The Bertz CT molecular complexity index is 641. The Morgan fingerprint density at radius 3 is 2.65 bits per heavy atom. The van der Waals surface area contributed by atoms with E-state index in [4.69, 9.17) is 9.47 Å². The average Bonchev–Trinajstić information content (AvgIpc) is 2.83. The molecule has 5 nitrogen and oxygen atoms in total. The second kappa shape index (κ2) is 5.13. The van der Waals surface area contributed by atoms with Crippen molar-refractivity contribution in [3.63, 3.8) is 0 Å². The number of nitrogens with one attached hydrogen (secondary N) is 1. The van der Waals surface area contributed by atoms with Crippen LogP contribution in [-0.4, -0.2) is 23.1 Å². The van der Waals surface area contributed by atoms with Gasteiger partial charge in [0.15, 0.2) is 16.6 Å². The maximum Gasteiger partial charge on any atom is 0.271 e. The first-order valence-electron chi connectivity index (χ1n) is 6.29. The number of amides is 1. The van der Waals surface area contributed by atoms with Gasteiger partial charge in [-0.15, -0.1) is 11.3 Å². The van der Waals surface area contributed by atoms with Crippen molar-refractivity contribution in [2.45, 2.75) is 26.1 Å². The summed E-state index contributed by atoms with van der Waals surface area (Å²) in [4.78, 5) is 17.4. The van der Waals surface area contributed by atoms with Crippen LogP contribution < -0.4 is 14.8 Å². The molecule has 1 amide bonds. The Morgan fingerprint density at radius 1 is 1.30 bits per heavy atom. The number of hydrogen-bond donors (Lipinski definition) is 1. The van der Waals surface area contributed by atoms with Crippen LogP contribution in [0.15, 0.2) is 30.5 Å². The Kier molecular flexibility index (Phi) is 3.31. The fourth-order valence-corrected chi connectivity index (χ4v) is 2.66. The number of nitrogens with zero attached hydrogens (tertiary/aromatic N) is 1. The number of hydrogen-bond acceptors (Lipinski definition) is 5. The van der Waals surface area contributed by atoms with E-state index < -0.39 is 6.10 Å². The molecule has 2 atom stereocenters. The standard InChI is InChI=1S/C14H14N2O3S/c1-8-7-15-14(20-8)16-13(17)12-9(2)18-10-5-3-4-6-11(10)19-12/h3-7,9,12H,1-2H3,(H,15,16,17)/t9-,12+/m0/s1. The minimum absolute atomic E-state index is 0.249. The molecule has 104 valence electrons. The largest absolute Gasteiger partial charge is 0.482 e. The molecule has 2 aromatic rings. The second-order valence-corrected chi connectivity index (χ2v) is 5.81. The van der Waals surface area contributed by atoms with E-state index in [1.165, 1.54) is 11.3 Å². The molecule has 1 aromatic heterocycles. The topological polar surface area (TPSA) is 60.5 Å². The van der Waals surface area contributed by atoms with Crippen molar-refractivity contribution in [1.29, 1.82) is 0 Å². The summed E-state index contributed by atoms with van der Waals surface area (Å²) in [5, 5.41) is 3.33. The van der Waals surface area contributed by atoms with Crippen LogP contribution in [0.25, 0.3) is 0 Å². The summed E-state index contributed by atoms with van der Waals surface area (Å²) in [7, 11) is 0. The van der Waals surface area contributed by atoms with E-state index in [9.17, 15) is 4.79 Å². The van der Waals surface area contributed by atoms with Gasteiger partial charge in [0.25, 0.3) is 5.91 Å². The highest BCUT2D eigenvalue weighted by atomic mass is 32.1. The highest BCUT2D eigenvalue weighted by Crippen LogP contribution is 2.33. The molecule has 0 aliphatic carbocycles. The first-order chi connectivity index (χ1) is 9.63. The van der Waals surface area contributed by atoms with Crippen LogP contribution >= 0.6 is 11.3 Å². The highest BCUT2D eigenvalue weighted by Gasteiger charge is 2.34. The molecule has 1 aliphatic rings. The molecule has 0 spiro atoms. The van der Waals surface area contributed by atoms with E-state index in [0.717, 1.165) is 4.88 Å². The number of carbonyl (C=O) groups excluding carboxylic acids is 1. The van der Waals surface area contributed by atoms with E-state index in [1.54, 1.807) is 12.3 Å². The molecular weight excluding hydrogens is 276 g/mol. The number of aromatic nitrogens is 1. The maximum atomic E-state index is 12.2. The minimum Gasteiger partial charge on any atom is -0.482 e. The molecule has 3 rings (SSSR count). The molecule has 1 aliphatic heterocycles. The van der Waals surface area contributed by atoms with Crippen molar-refractivity contribution < 1.29 is 14.3 Å². The third kappa shape index (κ3) is 2.46. The van der Waals surface area contributed by atoms with Gasteiger partial charge in [-0.05, 0) is 26.0 Å². The smallest absolute Gasteiger partial charge is 0.271 e. The Balaban J connectivity index is 1.75. The van der Waals surface area contributed by atoms with E-state index in [1.807, 2.05) is 32.0 Å². The average molecular weight is 290 g/mol. The number of rotatable bonds is 2. The summed E-state index contributed by atoms with van der Waals surface area (Å²) in [5.74, 6) is 0.997. The van der Waals surface area contributed by atoms with Gasteiger partial charge in [0, 0.05) is 11.1 Å². The fraction of sp³-hybridized carbons (Fsp3) is 0.286. The van der Waals surface area contributed by atoms with Gasteiger partial charge in [-0.3, -0.25) is 10.1 Å². The zero-order valence-electron chi connectivity index (χ0n) is 11.1. The van der Waals surface area contributed by atoms with Gasteiger partial charge in [-0.2, -0.15) is 0 Å². The summed E-state index contributed by atoms with van der Waals surface area (Å²) in [5.41, 5.74) is 0. The number of fused-ring (bicyclic) bond motifs is 1. The number of benzene rings is 1. The molecule has 1 aromatic carbocycles. The first kappa shape index (κ1) is 12.9. The number of ether oxygens (including phenoxy) is 2. The predicted octanol–water partition coefficient (Wildman–Crippen LogP) is 2.62. The summed E-state index contributed by atoms with van der Waals surface area (Å²) in [6.45, 7) is 3.75. The normalized spacial score (nSPS) is 20.5. The van der Waals surface area contributed by atoms with Crippen LogP contribution in [0, 0.1) is 6.92 Å². The van der Waals surface area contributed by atoms with Crippen molar-refractivity contribution in [3.8, 4) is 11.5 Å². The van der Waals surface area contributed by atoms with Gasteiger partial charge >= 0.3 is 0 Å². The van der Waals surface area contributed by atoms with Crippen LogP contribution in [0.2, 0.25) is 0 Å². The highest BCUT2D eigenvalue weighted by molar-refractivity contribution is 7.15. The molecule has 0 saturated carbocycles. The third-order valence-corrected chi connectivity index (χ3v) is 3.78. The zero-order chi connectivity index (χ0) is 14.1. The molecule has 0 radical (unpaired) electrons. The van der Waals surface area contributed by atoms with E-state index >= 15 is 0 Å². The number of anilines is 1. The van der Waals surface area contributed by atoms with Crippen molar-refractivity contribution in [2.24, 2.45) is 0 Å². The minimum atomic E-state index is -0.686. The lowest BCUT2D eigenvalue weighted by atomic mass is 10.1. The van der Waals surface area contributed by atoms with Crippen LogP contribution in [0.4, 0.5) is 5.13 Å². The van der Waals surface area contributed by atoms with Gasteiger partial charge < -0.3 is 9.47 Å². The molecule has 0 fully saturated rings.